The highest BCUT2D eigenvalue weighted by Crippen LogP contribution is 2.38. The van der Waals surface area contributed by atoms with Gasteiger partial charge in [-0.25, -0.2) is 9.37 Å². The van der Waals surface area contributed by atoms with Gasteiger partial charge in [-0.3, -0.25) is 0 Å². The molecule has 21 heavy (non-hydrogen) atoms. The Bertz CT molecular complexity index is 700. The average molecular weight is 390 g/mol. The molecule has 0 aliphatic carbocycles. The van der Waals surface area contributed by atoms with E-state index in [-0.39, 0.29) is 27.2 Å². The van der Waals surface area contributed by atoms with Gasteiger partial charge < -0.3 is 10.5 Å². The highest BCUT2D eigenvalue weighted by atomic mass is 79.9. The second kappa shape index (κ2) is 6.03. The maximum absolute atomic E-state index is 13.6. The van der Waals surface area contributed by atoms with Gasteiger partial charge in [0.15, 0.2) is 11.6 Å². The SMILES string of the molecule is [B][C@](C)(Oc1cc(Br)cnc1N)c1c(Cl)ccc(F)c1Cl. The van der Waals surface area contributed by atoms with Crippen molar-refractivity contribution in [1.29, 1.82) is 0 Å². The third kappa shape index (κ3) is 3.44. The zero-order chi connectivity index (χ0) is 15.8. The molecule has 0 bridgehead atoms. The second-order valence-corrected chi connectivity index (χ2v) is 6.17. The van der Waals surface area contributed by atoms with Gasteiger partial charge in [0.05, 0.1) is 10.5 Å². The molecule has 0 fully saturated rings. The summed E-state index contributed by atoms with van der Waals surface area (Å²) in [6.45, 7) is 1.50. The van der Waals surface area contributed by atoms with E-state index in [2.05, 4.69) is 20.9 Å². The molecular weight excluding hydrogens is 381 g/mol. The van der Waals surface area contributed by atoms with Crippen LogP contribution in [0.2, 0.25) is 10.0 Å². The first kappa shape index (κ1) is 16.4. The van der Waals surface area contributed by atoms with Crippen molar-refractivity contribution < 1.29 is 9.13 Å². The van der Waals surface area contributed by atoms with Crippen molar-refractivity contribution >= 4 is 52.8 Å². The Morgan fingerprint density at radius 2 is 2.10 bits per heavy atom. The smallest absolute Gasteiger partial charge is 0.166 e. The molecule has 0 aliphatic rings. The van der Waals surface area contributed by atoms with Gasteiger partial charge in [-0.15, -0.1) is 0 Å². The summed E-state index contributed by atoms with van der Waals surface area (Å²) in [6.07, 6.45) is 1.51. The maximum atomic E-state index is 13.6. The van der Waals surface area contributed by atoms with Crippen LogP contribution in [-0.4, -0.2) is 12.8 Å². The van der Waals surface area contributed by atoms with Crippen molar-refractivity contribution in [3.8, 4) is 5.75 Å². The Balaban J connectivity index is 2.48. The molecule has 3 nitrogen and oxygen atoms in total. The Hall–Kier alpha value is -0.975. The molecule has 1 aromatic heterocycles. The third-order valence-corrected chi connectivity index (χ3v) is 3.83. The summed E-state index contributed by atoms with van der Waals surface area (Å²) >= 11 is 15.3. The minimum atomic E-state index is -1.49. The first-order valence-corrected chi connectivity index (χ1v) is 7.30. The first-order chi connectivity index (χ1) is 9.72. The van der Waals surface area contributed by atoms with E-state index in [1.54, 1.807) is 6.07 Å². The van der Waals surface area contributed by atoms with Crippen LogP contribution in [0.1, 0.15) is 12.5 Å². The van der Waals surface area contributed by atoms with Crippen molar-refractivity contribution in [2.45, 2.75) is 12.4 Å². The topological polar surface area (TPSA) is 48.1 Å². The van der Waals surface area contributed by atoms with Crippen molar-refractivity contribution in [1.82, 2.24) is 4.98 Å². The molecule has 2 radical (unpaired) electrons. The molecule has 0 unspecified atom stereocenters. The minimum Gasteiger partial charge on any atom is -0.489 e. The number of pyridine rings is 1. The van der Waals surface area contributed by atoms with Crippen LogP contribution in [-0.2, 0) is 5.50 Å². The van der Waals surface area contributed by atoms with Crippen LogP contribution >= 0.6 is 39.1 Å². The van der Waals surface area contributed by atoms with Crippen molar-refractivity contribution in [3.05, 3.63) is 50.3 Å². The molecule has 1 aromatic carbocycles. The molecule has 0 saturated carbocycles. The Kier molecular flexibility index (Phi) is 4.71. The van der Waals surface area contributed by atoms with Crippen LogP contribution in [0, 0.1) is 5.82 Å². The van der Waals surface area contributed by atoms with E-state index in [0.717, 1.165) is 6.07 Å². The number of nitrogens with zero attached hydrogens (tertiary/aromatic N) is 1. The molecule has 1 heterocycles. The second-order valence-electron chi connectivity index (χ2n) is 4.46. The van der Waals surface area contributed by atoms with Crippen LogP contribution in [0.15, 0.2) is 28.9 Å². The zero-order valence-corrected chi connectivity index (χ0v) is 13.9. The van der Waals surface area contributed by atoms with Gasteiger partial charge in [-0.05, 0) is 41.1 Å². The number of rotatable bonds is 3. The van der Waals surface area contributed by atoms with E-state index in [0.29, 0.717) is 4.47 Å². The highest BCUT2D eigenvalue weighted by Gasteiger charge is 2.30. The highest BCUT2D eigenvalue weighted by molar-refractivity contribution is 9.10. The van der Waals surface area contributed by atoms with E-state index in [1.807, 2.05) is 0 Å². The quantitative estimate of drug-likeness (QED) is 0.629. The third-order valence-electron chi connectivity index (χ3n) is 2.71. The average Bonchev–Trinajstić information content (AvgIpc) is 2.38. The largest absolute Gasteiger partial charge is 0.489 e. The van der Waals surface area contributed by atoms with Gasteiger partial charge in [-0.2, -0.15) is 0 Å². The van der Waals surface area contributed by atoms with Crippen LogP contribution < -0.4 is 10.5 Å². The summed E-state index contributed by atoms with van der Waals surface area (Å²) in [5.41, 5.74) is 4.36. The molecule has 0 saturated heterocycles. The number of hydrogen-bond acceptors (Lipinski definition) is 3. The molecule has 1 atom stereocenters. The van der Waals surface area contributed by atoms with Gasteiger partial charge in [0.1, 0.15) is 13.7 Å². The summed E-state index contributed by atoms with van der Waals surface area (Å²) in [7, 11) is 6.10. The lowest BCUT2D eigenvalue weighted by Crippen LogP contribution is -2.31. The number of ether oxygens (including phenoxy) is 1. The molecular formula is C13H9BBrCl2FN2O. The van der Waals surface area contributed by atoms with Crippen LogP contribution in [0.25, 0.3) is 0 Å². The fraction of sp³-hybridized carbons (Fsp3) is 0.154. The van der Waals surface area contributed by atoms with E-state index < -0.39 is 11.3 Å². The number of halogens is 4. The predicted molar refractivity (Wildman–Crippen MR) is 86.5 cm³/mol. The van der Waals surface area contributed by atoms with Crippen LogP contribution in [0.5, 0.6) is 5.75 Å². The lowest BCUT2D eigenvalue weighted by atomic mass is 9.77. The zero-order valence-electron chi connectivity index (χ0n) is 10.8. The molecule has 2 N–H and O–H groups in total. The fourth-order valence-corrected chi connectivity index (χ4v) is 2.83. The van der Waals surface area contributed by atoms with E-state index in [9.17, 15) is 4.39 Å². The number of nitrogen functional groups attached to an aromatic ring is 1. The van der Waals surface area contributed by atoms with Gasteiger partial charge >= 0.3 is 0 Å². The monoisotopic (exact) mass is 388 g/mol. The van der Waals surface area contributed by atoms with Gasteiger partial charge in [0.2, 0.25) is 0 Å². The number of anilines is 1. The number of aromatic nitrogens is 1. The van der Waals surface area contributed by atoms with E-state index >= 15 is 0 Å². The summed E-state index contributed by atoms with van der Waals surface area (Å²) < 4.78 is 19.9. The summed E-state index contributed by atoms with van der Waals surface area (Å²) in [6, 6.07) is 4.10. The molecule has 2 rings (SSSR count). The van der Waals surface area contributed by atoms with E-state index in [1.165, 1.54) is 19.2 Å². The number of benzene rings is 1. The Labute approximate surface area is 141 Å². The van der Waals surface area contributed by atoms with Gasteiger partial charge in [0.25, 0.3) is 0 Å². The van der Waals surface area contributed by atoms with Crippen LogP contribution in [0.3, 0.4) is 0 Å². The molecule has 0 aliphatic heterocycles. The fourth-order valence-electron chi connectivity index (χ4n) is 1.77. The minimum absolute atomic E-state index is 0.130. The Morgan fingerprint density at radius 1 is 1.43 bits per heavy atom. The predicted octanol–water partition coefficient (Wildman–Crippen LogP) is 4.29. The van der Waals surface area contributed by atoms with Crippen LogP contribution in [0.4, 0.5) is 10.2 Å². The van der Waals surface area contributed by atoms with Crippen molar-refractivity contribution in [3.63, 3.8) is 0 Å². The summed E-state index contributed by atoms with van der Waals surface area (Å²) in [5, 5.41) is -0.0121. The standard InChI is InChI=1S/C13H9BBrCl2FN2O/c1-13(14,10-7(16)2-3-8(18)11(10)17)21-9-4-6(15)5-20-12(9)19/h2-5H,1H3,(H2,19,20)/t13-/m1/s1. The molecule has 108 valence electrons. The van der Waals surface area contributed by atoms with Gasteiger partial charge in [0, 0.05) is 21.3 Å². The summed E-state index contributed by atoms with van der Waals surface area (Å²) in [5.74, 6) is -0.277. The lowest BCUT2D eigenvalue weighted by molar-refractivity contribution is 0.179. The molecule has 0 spiro atoms. The molecule has 0 amide bonds. The number of hydrogen-bond donors (Lipinski definition) is 1. The normalized spacial score (nSPS) is 13.8. The summed E-state index contributed by atoms with van der Waals surface area (Å²) in [4.78, 5) is 3.93. The molecule has 2 aromatic rings. The van der Waals surface area contributed by atoms with Crippen molar-refractivity contribution in [2.24, 2.45) is 0 Å². The number of nitrogens with two attached hydrogens (primary N) is 1. The van der Waals surface area contributed by atoms with E-state index in [4.69, 9.17) is 41.5 Å². The molecule has 8 heteroatoms. The van der Waals surface area contributed by atoms with Gasteiger partial charge in [-0.1, -0.05) is 23.2 Å². The first-order valence-electron chi connectivity index (χ1n) is 5.75. The lowest BCUT2D eigenvalue weighted by Gasteiger charge is -2.30. The van der Waals surface area contributed by atoms with Crippen molar-refractivity contribution in [2.75, 3.05) is 5.73 Å². The maximum Gasteiger partial charge on any atom is 0.166 e. The Morgan fingerprint density at radius 3 is 2.76 bits per heavy atom.